The number of para-hydroxylation sites is 2. The van der Waals surface area contributed by atoms with Gasteiger partial charge in [0, 0.05) is 25.6 Å². The third kappa shape index (κ3) is 6.38. The number of nitrogens with one attached hydrogen (secondary N) is 1. The number of benzene rings is 3. The van der Waals surface area contributed by atoms with Crippen molar-refractivity contribution in [3.8, 4) is 11.5 Å². The van der Waals surface area contributed by atoms with E-state index < -0.39 is 0 Å². The van der Waals surface area contributed by atoms with Crippen LogP contribution < -0.4 is 14.8 Å². The summed E-state index contributed by atoms with van der Waals surface area (Å²) in [7, 11) is 1.65. The van der Waals surface area contributed by atoms with Gasteiger partial charge in [-0.05, 0) is 42.7 Å². The number of unbranched alkanes of at least 4 members (excludes halogenated alkanes) is 1. The first-order chi connectivity index (χ1) is 16.7. The van der Waals surface area contributed by atoms with Crippen LogP contribution in [0.4, 0.5) is 0 Å². The molecule has 0 aliphatic rings. The molecule has 1 amide bonds. The molecule has 3 aromatic carbocycles. The SMILES string of the molecule is COc1cccc(OCCCCn2c(CCNC(=O)Cc3ccccc3)nc3ccccc32)c1. The van der Waals surface area contributed by atoms with Gasteiger partial charge in [-0.25, -0.2) is 4.98 Å². The Hall–Kier alpha value is -3.80. The molecular weight excluding hydrogens is 426 g/mol. The molecule has 4 aromatic rings. The standard InChI is InChI=1S/C28H31N3O3/c1-33-23-12-9-13-24(21-23)34-19-8-7-18-31-26-15-6-5-14-25(26)30-27(31)16-17-29-28(32)20-22-10-3-2-4-11-22/h2-6,9-15,21H,7-8,16-20H2,1H3,(H,29,32). The van der Waals surface area contributed by atoms with Crippen LogP contribution in [-0.2, 0) is 24.2 Å². The van der Waals surface area contributed by atoms with Crippen LogP contribution in [0.25, 0.3) is 11.0 Å². The quantitative estimate of drug-likeness (QED) is 0.310. The number of hydrogen-bond donors (Lipinski definition) is 1. The van der Waals surface area contributed by atoms with Crippen molar-refractivity contribution < 1.29 is 14.3 Å². The molecule has 0 saturated heterocycles. The highest BCUT2D eigenvalue weighted by Gasteiger charge is 2.11. The number of aromatic nitrogens is 2. The Kier molecular flexibility index (Phi) is 8.17. The van der Waals surface area contributed by atoms with Gasteiger partial charge in [0.25, 0.3) is 0 Å². The number of nitrogens with zero attached hydrogens (tertiary/aromatic N) is 2. The summed E-state index contributed by atoms with van der Waals surface area (Å²) >= 11 is 0. The summed E-state index contributed by atoms with van der Waals surface area (Å²) in [5.74, 6) is 2.64. The van der Waals surface area contributed by atoms with Crippen LogP contribution in [0.3, 0.4) is 0 Å². The summed E-state index contributed by atoms with van der Waals surface area (Å²) in [6.45, 7) is 2.06. The van der Waals surface area contributed by atoms with Crippen LogP contribution in [0, 0.1) is 0 Å². The smallest absolute Gasteiger partial charge is 0.224 e. The molecule has 1 aromatic heterocycles. The van der Waals surface area contributed by atoms with Gasteiger partial charge in [-0.1, -0.05) is 48.5 Å². The predicted molar refractivity (Wildman–Crippen MR) is 134 cm³/mol. The Morgan fingerprint density at radius 3 is 2.59 bits per heavy atom. The highest BCUT2D eigenvalue weighted by molar-refractivity contribution is 5.78. The normalized spacial score (nSPS) is 10.9. The van der Waals surface area contributed by atoms with E-state index in [1.165, 1.54) is 0 Å². The van der Waals surface area contributed by atoms with Crippen molar-refractivity contribution >= 4 is 16.9 Å². The summed E-state index contributed by atoms with van der Waals surface area (Å²) in [4.78, 5) is 17.1. The molecule has 34 heavy (non-hydrogen) atoms. The Labute approximate surface area is 200 Å². The number of aryl methyl sites for hydroxylation is 1. The van der Waals surface area contributed by atoms with Crippen molar-refractivity contribution in [1.29, 1.82) is 0 Å². The number of amides is 1. The van der Waals surface area contributed by atoms with Crippen LogP contribution in [0.5, 0.6) is 11.5 Å². The minimum absolute atomic E-state index is 0.0311. The number of carbonyl (C=O) groups excluding carboxylic acids is 1. The van der Waals surface area contributed by atoms with Crippen molar-refractivity contribution in [2.75, 3.05) is 20.3 Å². The van der Waals surface area contributed by atoms with Crippen LogP contribution in [0.1, 0.15) is 24.2 Å². The van der Waals surface area contributed by atoms with E-state index in [0.29, 0.717) is 26.0 Å². The minimum Gasteiger partial charge on any atom is -0.497 e. The second-order valence-corrected chi connectivity index (χ2v) is 8.17. The van der Waals surface area contributed by atoms with Crippen molar-refractivity contribution in [3.63, 3.8) is 0 Å². The molecular formula is C28H31N3O3. The number of imidazole rings is 1. The highest BCUT2D eigenvalue weighted by atomic mass is 16.5. The predicted octanol–water partition coefficient (Wildman–Crippen LogP) is 4.81. The van der Waals surface area contributed by atoms with Crippen LogP contribution >= 0.6 is 0 Å². The molecule has 176 valence electrons. The third-order valence-electron chi connectivity index (χ3n) is 5.70. The van der Waals surface area contributed by atoms with E-state index >= 15 is 0 Å². The topological polar surface area (TPSA) is 65.4 Å². The molecule has 4 rings (SSSR count). The van der Waals surface area contributed by atoms with Crippen molar-refractivity contribution in [3.05, 3.63) is 90.3 Å². The maximum absolute atomic E-state index is 12.3. The average molecular weight is 458 g/mol. The zero-order chi connectivity index (χ0) is 23.6. The number of fused-ring (bicyclic) bond motifs is 1. The van der Waals surface area contributed by atoms with E-state index in [1.54, 1.807) is 7.11 Å². The van der Waals surface area contributed by atoms with Gasteiger partial charge in [-0.2, -0.15) is 0 Å². The first-order valence-electron chi connectivity index (χ1n) is 11.7. The summed E-state index contributed by atoms with van der Waals surface area (Å²) in [5.41, 5.74) is 3.13. The van der Waals surface area contributed by atoms with Crippen molar-refractivity contribution in [2.24, 2.45) is 0 Å². The van der Waals surface area contributed by atoms with Gasteiger partial charge in [-0.15, -0.1) is 0 Å². The third-order valence-corrected chi connectivity index (χ3v) is 5.70. The first-order valence-corrected chi connectivity index (χ1v) is 11.7. The van der Waals surface area contributed by atoms with Gasteiger partial charge in [0.2, 0.25) is 5.91 Å². The molecule has 0 spiro atoms. The van der Waals surface area contributed by atoms with Gasteiger partial charge in [-0.3, -0.25) is 4.79 Å². The van der Waals surface area contributed by atoms with E-state index in [-0.39, 0.29) is 5.91 Å². The van der Waals surface area contributed by atoms with Gasteiger partial charge in [0.1, 0.15) is 17.3 Å². The van der Waals surface area contributed by atoms with Gasteiger partial charge < -0.3 is 19.4 Å². The molecule has 0 unspecified atom stereocenters. The van der Waals surface area contributed by atoms with Gasteiger partial charge in [0.15, 0.2) is 0 Å². The lowest BCUT2D eigenvalue weighted by atomic mass is 10.1. The lowest BCUT2D eigenvalue weighted by molar-refractivity contribution is -0.120. The summed E-state index contributed by atoms with van der Waals surface area (Å²) < 4.78 is 13.4. The molecule has 6 heteroatoms. The zero-order valence-corrected chi connectivity index (χ0v) is 19.6. The van der Waals surface area contributed by atoms with Crippen molar-refractivity contribution in [2.45, 2.75) is 32.2 Å². The maximum atomic E-state index is 12.3. The molecule has 0 radical (unpaired) electrons. The molecule has 1 heterocycles. The summed E-state index contributed by atoms with van der Waals surface area (Å²) in [6.07, 6.45) is 2.98. The fourth-order valence-corrected chi connectivity index (χ4v) is 3.98. The number of ether oxygens (including phenoxy) is 2. The van der Waals surface area contributed by atoms with Crippen LogP contribution in [0.2, 0.25) is 0 Å². The molecule has 0 saturated carbocycles. The first kappa shape index (κ1) is 23.4. The van der Waals surface area contributed by atoms with Crippen molar-refractivity contribution in [1.82, 2.24) is 14.9 Å². The second-order valence-electron chi connectivity index (χ2n) is 8.17. The van der Waals surface area contributed by atoms with Gasteiger partial charge in [0.05, 0.1) is 31.2 Å². The molecule has 0 aliphatic heterocycles. The maximum Gasteiger partial charge on any atom is 0.224 e. The Balaban J connectivity index is 1.29. The van der Waals surface area contributed by atoms with Crippen LogP contribution in [-0.4, -0.2) is 35.7 Å². The fraction of sp³-hybridized carbons (Fsp3) is 0.286. The lowest BCUT2D eigenvalue weighted by Gasteiger charge is -2.11. The molecule has 1 N–H and O–H groups in total. The largest absolute Gasteiger partial charge is 0.497 e. The Morgan fingerprint density at radius 2 is 1.74 bits per heavy atom. The Bertz CT molecular complexity index is 1200. The molecule has 6 nitrogen and oxygen atoms in total. The molecule has 0 fully saturated rings. The highest BCUT2D eigenvalue weighted by Crippen LogP contribution is 2.20. The number of rotatable bonds is 12. The lowest BCUT2D eigenvalue weighted by Crippen LogP contribution is -2.28. The average Bonchev–Trinajstić information content (AvgIpc) is 3.22. The summed E-state index contributed by atoms with van der Waals surface area (Å²) in [6, 6.07) is 25.7. The molecule has 0 aliphatic carbocycles. The van der Waals surface area contributed by atoms with E-state index in [9.17, 15) is 4.79 Å². The van der Waals surface area contributed by atoms with E-state index in [2.05, 4.69) is 16.0 Å². The number of hydrogen-bond acceptors (Lipinski definition) is 4. The van der Waals surface area contributed by atoms with E-state index in [1.807, 2.05) is 72.8 Å². The summed E-state index contributed by atoms with van der Waals surface area (Å²) in [5, 5.41) is 3.03. The fourth-order valence-electron chi connectivity index (χ4n) is 3.98. The number of methoxy groups -OCH3 is 1. The zero-order valence-electron chi connectivity index (χ0n) is 19.6. The van der Waals surface area contributed by atoms with E-state index in [0.717, 1.165) is 53.3 Å². The molecule has 0 bridgehead atoms. The second kappa shape index (κ2) is 11.9. The molecule has 0 atom stereocenters. The number of carbonyl (C=O) groups is 1. The monoisotopic (exact) mass is 457 g/mol. The minimum atomic E-state index is 0.0311. The van der Waals surface area contributed by atoms with Crippen LogP contribution in [0.15, 0.2) is 78.9 Å². The van der Waals surface area contributed by atoms with Gasteiger partial charge >= 0.3 is 0 Å². The Morgan fingerprint density at radius 1 is 0.941 bits per heavy atom. The van der Waals surface area contributed by atoms with E-state index in [4.69, 9.17) is 14.5 Å².